The number of aryl methyl sites for hydroxylation is 1. The SMILES string of the molecule is COc1cc(C)c(C(=O)P(=O)(c2ccccc2)c2ccccc2)c(OC)c1. The molecule has 0 radical (unpaired) electrons. The monoisotopic (exact) mass is 380 g/mol. The van der Waals surface area contributed by atoms with Gasteiger partial charge in [0.25, 0.3) is 0 Å². The average molecular weight is 380 g/mol. The van der Waals surface area contributed by atoms with E-state index < -0.39 is 12.7 Å². The van der Waals surface area contributed by atoms with Gasteiger partial charge < -0.3 is 14.0 Å². The summed E-state index contributed by atoms with van der Waals surface area (Å²) < 4.78 is 25.0. The number of hydrogen-bond acceptors (Lipinski definition) is 4. The highest BCUT2D eigenvalue weighted by atomic mass is 31.2. The van der Waals surface area contributed by atoms with E-state index in [0.717, 1.165) is 0 Å². The van der Waals surface area contributed by atoms with E-state index in [1.165, 1.54) is 7.11 Å². The van der Waals surface area contributed by atoms with Crippen LogP contribution in [0, 0.1) is 6.92 Å². The first-order valence-corrected chi connectivity index (χ1v) is 10.2. The van der Waals surface area contributed by atoms with Crippen molar-refractivity contribution in [3.63, 3.8) is 0 Å². The molecule has 0 aliphatic heterocycles. The molecule has 0 saturated carbocycles. The molecule has 0 fully saturated rings. The first-order valence-electron chi connectivity index (χ1n) is 8.51. The van der Waals surface area contributed by atoms with Gasteiger partial charge in [-0.1, -0.05) is 60.7 Å². The third-order valence-electron chi connectivity index (χ3n) is 4.47. The van der Waals surface area contributed by atoms with Crippen LogP contribution in [-0.4, -0.2) is 19.7 Å². The van der Waals surface area contributed by atoms with Crippen LogP contribution in [0.1, 0.15) is 15.9 Å². The van der Waals surface area contributed by atoms with E-state index in [2.05, 4.69) is 0 Å². The molecular formula is C22H21O4P. The van der Waals surface area contributed by atoms with E-state index in [1.54, 1.807) is 74.7 Å². The molecule has 138 valence electrons. The second-order valence-electron chi connectivity index (χ2n) is 6.11. The summed E-state index contributed by atoms with van der Waals surface area (Å²) in [7, 11) is -0.550. The van der Waals surface area contributed by atoms with Crippen molar-refractivity contribution in [1.29, 1.82) is 0 Å². The lowest BCUT2D eigenvalue weighted by atomic mass is 10.1. The molecule has 5 heteroatoms. The number of methoxy groups -OCH3 is 2. The van der Waals surface area contributed by atoms with Crippen LogP contribution in [0.25, 0.3) is 0 Å². The van der Waals surface area contributed by atoms with Crippen molar-refractivity contribution < 1.29 is 18.8 Å². The van der Waals surface area contributed by atoms with Gasteiger partial charge in [-0.25, -0.2) is 0 Å². The Balaban J connectivity index is 2.27. The van der Waals surface area contributed by atoms with Crippen LogP contribution < -0.4 is 20.1 Å². The zero-order valence-corrected chi connectivity index (χ0v) is 16.4. The summed E-state index contributed by atoms with van der Waals surface area (Å²) >= 11 is 0. The van der Waals surface area contributed by atoms with Crippen LogP contribution >= 0.6 is 7.14 Å². The van der Waals surface area contributed by atoms with Gasteiger partial charge in [0.15, 0.2) is 0 Å². The van der Waals surface area contributed by atoms with E-state index in [1.807, 2.05) is 12.1 Å². The highest BCUT2D eigenvalue weighted by Gasteiger charge is 2.38. The van der Waals surface area contributed by atoms with Crippen molar-refractivity contribution in [2.45, 2.75) is 6.92 Å². The molecule has 27 heavy (non-hydrogen) atoms. The lowest BCUT2D eigenvalue weighted by Gasteiger charge is -2.21. The summed E-state index contributed by atoms with van der Waals surface area (Å²) in [6.07, 6.45) is 0. The number of ether oxygens (including phenoxy) is 2. The summed E-state index contributed by atoms with van der Waals surface area (Å²) in [5, 5.41) is 0.997. The fourth-order valence-electron chi connectivity index (χ4n) is 3.09. The molecule has 0 aliphatic rings. The van der Waals surface area contributed by atoms with Gasteiger partial charge >= 0.3 is 0 Å². The minimum atomic E-state index is -3.59. The largest absolute Gasteiger partial charge is 0.497 e. The Bertz CT molecular complexity index is 954. The number of carbonyl (C=O) groups excluding carboxylic acids is 1. The van der Waals surface area contributed by atoms with E-state index in [4.69, 9.17) is 9.47 Å². The number of hydrogen-bond donors (Lipinski definition) is 0. The molecule has 0 amide bonds. The predicted molar refractivity (Wildman–Crippen MR) is 108 cm³/mol. The predicted octanol–water partition coefficient (Wildman–Crippen LogP) is 4.17. The molecule has 3 rings (SSSR count). The lowest BCUT2D eigenvalue weighted by molar-refractivity contribution is 0.107. The van der Waals surface area contributed by atoms with Gasteiger partial charge in [0, 0.05) is 16.7 Å². The van der Waals surface area contributed by atoms with Gasteiger partial charge in [-0.15, -0.1) is 0 Å². The Morgan fingerprint density at radius 2 is 1.33 bits per heavy atom. The van der Waals surface area contributed by atoms with Gasteiger partial charge in [0.1, 0.15) is 11.5 Å². The summed E-state index contributed by atoms with van der Waals surface area (Å²) in [6, 6.07) is 21.1. The van der Waals surface area contributed by atoms with Crippen LogP contribution in [-0.2, 0) is 4.57 Å². The topological polar surface area (TPSA) is 52.6 Å². The zero-order chi connectivity index (χ0) is 19.4. The van der Waals surface area contributed by atoms with Crippen molar-refractivity contribution >= 4 is 23.3 Å². The molecule has 0 atom stereocenters. The van der Waals surface area contributed by atoms with E-state index in [0.29, 0.717) is 33.2 Å². The highest BCUT2D eigenvalue weighted by Crippen LogP contribution is 2.49. The van der Waals surface area contributed by atoms with Gasteiger partial charge in [0.2, 0.25) is 12.7 Å². The van der Waals surface area contributed by atoms with Gasteiger partial charge in [-0.2, -0.15) is 0 Å². The van der Waals surface area contributed by atoms with Crippen molar-refractivity contribution in [3.8, 4) is 11.5 Å². The first kappa shape index (κ1) is 18.9. The summed E-state index contributed by atoms with van der Waals surface area (Å²) in [5.41, 5.74) is 0.523. The molecule has 0 spiro atoms. The number of rotatable bonds is 6. The van der Waals surface area contributed by atoms with E-state index >= 15 is 0 Å². The third-order valence-corrected chi connectivity index (χ3v) is 7.31. The second-order valence-corrected chi connectivity index (χ2v) is 8.76. The van der Waals surface area contributed by atoms with E-state index in [9.17, 15) is 9.36 Å². The van der Waals surface area contributed by atoms with Crippen LogP contribution in [0.4, 0.5) is 0 Å². The molecule has 0 aliphatic carbocycles. The maximum Gasteiger partial charge on any atom is 0.234 e. The van der Waals surface area contributed by atoms with Crippen molar-refractivity contribution in [2.24, 2.45) is 0 Å². The molecule has 3 aromatic carbocycles. The van der Waals surface area contributed by atoms with Crippen LogP contribution in [0.5, 0.6) is 11.5 Å². The Morgan fingerprint density at radius 3 is 1.78 bits per heavy atom. The second kappa shape index (κ2) is 7.81. The number of benzene rings is 3. The molecule has 0 aromatic heterocycles. The molecule has 0 heterocycles. The lowest BCUT2D eigenvalue weighted by Crippen LogP contribution is -2.23. The Kier molecular flexibility index (Phi) is 5.48. The van der Waals surface area contributed by atoms with E-state index in [-0.39, 0.29) is 0 Å². The molecule has 0 N–H and O–H groups in total. The maximum absolute atomic E-state index is 14.3. The van der Waals surface area contributed by atoms with Crippen LogP contribution in [0.3, 0.4) is 0 Å². The van der Waals surface area contributed by atoms with Crippen molar-refractivity contribution in [2.75, 3.05) is 14.2 Å². The Hall–Kier alpha value is -2.84. The van der Waals surface area contributed by atoms with Gasteiger partial charge in [0.05, 0.1) is 19.8 Å². The first-order chi connectivity index (χ1) is 13.0. The summed E-state index contributed by atoms with van der Waals surface area (Å²) in [5.74, 6) is 0.930. The smallest absolute Gasteiger partial charge is 0.234 e. The van der Waals surface area contributed by atoms with Crippen molar-refractivity contribution in [3.05, 3.63) is 83.9 Å². The summed E-state index contributed by atoms with van der Waals surface area (Å²) in [6.45, 7) is 1.79. The standard InChI is InChI=1S/C22H21O4P/c1-16-14-17(25-2)15-20(26-3)21(16)22(23)27(24,18-10-6-4-7-11-18)19-12-8-5-9-13-19/h4-15H,1-3H3. The quantitative estimate of drug-likeness (QED) is 0.603. The highest BCUT2D eigenvalue weighted by molar-refractivity contribution is 7.93. The third kappa shape index (κ3) is 3.41. The van der Waals surface area contributed by atoms with Crippen molar-refractivity contribution in [1.82, 2.24) is 0 Å². The molecule has 0 unspecified atom stereocenters. The average Bonchev–Trinajstić information content (AvgIpc) is 2.73. The molecule has 3 aromatic rings. The fraction of sp³-hybridized carbons (Fsp3) is 0.136. The summed E-state index contributed by atoms with van der Waals surface area (Å²) in [4.78, 5) is 13.7. The van der Waals surface area contributed by atoms with Crippen LogP contribution in [0.15, 0.2) is 72.8 Å². The van der Waals surface area contributed by atoms with Crippen LogP contribution in [0.2, 0.25) is 0 Å². The van der Waals surface area contributed by atoms with Gasteiger partial charge in [-0.05, 0) is 18.6 Å². The fourth-order valence-corrected chi connectivity index (χ4v) is 5.65. The number of carbonyl (C=O) groups is 1. The normalized spacial score (nSPS) is 11.1. The Labute approximate surface area is 159 Å². The molecule has 0 bridgehead atoms. The van der Waals surface area contributed by atoms with Gasteiger partial charge in [-0.3, -0.25) is 4.79 Å². The molecule has 4 nitrogen and oxygen atoms in total. The minimum Gasteiger partial charge on any atom is -0.497 e. The maximum atomic E-state index is 14.3. The zero-order valence-electron chi connectivity index (χ0n) is 15.5. The minimum absolute atomic E-state index is 0.314. The molecule has 0 saturated heterocycles. The molecular weight excluding hydrogens is 359 g/mol. The Morgan fingerprint density at radius 1 is 0.815 bits per heavy atom.